The molecule has 0 N–H and O–H groups in total. The molecule has 0 amide bonds. The second kappa shape index (κ2) is 9.72. The molecule has 0 atom stereocenters. The first kappa shape index (κ1) is 17.0. The van der Waals surface area contributed by atoms with E-state index in [1.165, 1.54) is 0 Å². The number of likely N-dealkylation sites (N-methyl/N-ethyl adjacent to an activating group) is 2. The van der Waals surface area contributed by atoms with E-state index in [9.17, 15) is 0 Å². The molecular weight excluding hydrogens is 194 g/mol. The summed E-state index contributed by atoms with van der Waals surface area (Å²) in [4.78, 5) is 4.36. The zero-order valence-corrected chi connectivity index (χ0v) is 8.91. The molecule has 0 heterocycles. The topological polar surface area (TPSA) is 6.48 Å². The van der Waals surface area contributed by atoms with Crippen molar-refractivity contribution in [3.63, 3.8) is 0 Å². The molecule has 10 heavy (non-hydrogen) atoms. The van der Waals surface area contributed by atoms with Gasteiger partial charge in [-0.15, -0.1) is 12.4 Å². The van der Waals surface area contributed by atoms with Gasteiger partial charge in [-0.25, -0.2) is 0 Å². The Morgan fingerprint density at radius 1 is 0.800 bits per heavy atom. The summed E-state index contributed by atoms with van der Waals surface area (Å²) in [6, 6.07) is 0. The van der Waals surface area contributed by atoms with Crippen LogP contribution in [0, 0.1) is 0 Å². The molecular formula is C6H17ClCoN2. The van der Waals surface area contributed by atoms with Crippen LogP contribution in [0.5, 0.6) is 0 Å². The van der Waals surface area contributed by atoms with Gasteiger partial charge in [0.2, 0.25) is 0 Å². The summed E-state index contributed by atoms with van der Waals surface area (Å²) in [6.07, 6.45) is 0. The maximum atomic E-state index is 2.18. The minimum absolute atomic E-state index is 0. The Hall–Kier alpha value is 0.716. The van der Waals surface area contributed by atoms with E-state index >= 15 is 0 Å². The second-order valence-corrected chi connectivity index (χ2v) is 2.61. The fraction of sp³-hybridized carbons (Fsp3) is 1.00. The van der Waals surface area contributed by atoms with Crippen molar-refractivity contribution in [2.45, 2.75) is 0 Å². The molecule has 0 unspecified atom stereocenters. The summed E-state index contributed by atoms with van der Waals surface area (Å²) in [6.45, 7) is 2.29. The minimum atomic E-state index is 0. The molecule has 0 aromatic rings. The van der Waals surface area contributed by atoms with Gasteiger partial charge < -0.3 is 9.80 Å². The first-order valence-corrected chi connectivity index (χ1v) is 2.92. The van der Waals surface area contributed by atoms with E-state index in [1.54, 1.807) is 0 Å². The van der Waals surface area contributed by atoms with Crippen LogP contribution in [0.4, 0.5) is 0 Å². The van der Waals surface area contributed by atoms with E-state index in [2.05, 4.69) is 38.0 Å². The fourth-order valence-electron chi connectivity index (χ4n) is 0.400. The normalized spacial score (nSPS) is 9.00. The van der Waals surface area contributed by atoms with Crippen LogP contribution < -0.4 is 0 Å². The predicted octanol–water partition coefficient (Wildman–Crippen LogP) is 0.529. The van der Waals surface area contributed by atoms with Crippen LogP contribution in [0.15, 0.2) is 0 Å². The Balaban J connectivity index is -0.000000245. The van der Waals surface area contributed by atoms with Gasteiger partial charge in [-0.2, -0.15) is 0 Å². The van der Waals surface area contributed by atoms with E-state index in [-0.39, 0.29) is 29.2 Å². The van der Waals surface area contributed by atoms with E-state index in [0.717, 1.165) is 13.1 Å². The number of hydrogen-bond donors (Lipinski definition) is 0. The van der Waals surface area contributed by atoms with Crippen LogP contribution in [0.1, 0.15) is 0 Å². The number of nitrogens with zero attached hydrogens (tertiary/aromatic N) is 2. The Morgan fingerprint density at radius 3 is 1.10 bits per heavy atom. The molecule has 2 nitrogen and oxygen atoms in total. The van der Waals surface area contributed by atoms with Crippen LogP contribution in [0.25, 0.3) is 0 Å². The van der Waals surface area contributed by atoms with Crippen molar-refractivity contribution in [2.75, 3.05) is 41.3 Å². The molecule has 0 aliphatic rings. The van der Waals surface area contributed by atoms with Gasteiger partial charge in [-0.05, 0) is 28.2 Å². The van der Waals surface area contributed by atoms with Crippen molar-refractivity contribution < 1.29 is 16.8 Å². The Labute approximate surface area is 80.6 Å². The van der Waals surface area contributed by atoms with Crippen molar-refractivity contribution in [1.29, 1.82) is 0 Å². The first-order valence-electron chi connectivity index (χ1n) is 2.92. The van der Waals surface area contributed by atoms with Crippen molar-refractivity contribution in [1.82, 2.24) is 9.80 Å². The van der Waals surface area contributed by atoms with Gasteiger partial charge in [0.25, 0.3) is 0 Å². The van der Waals surface area contributed by atoms with Gasteiger partial charge in [-0.3, -0.25) is 0 Å². The average molecular weight is 212 g/mol. The molecule has 4 heteroatoms. The van der Waals surface area contributed by atoms with Crippen LogP contribution >= 0.6 is 12.4 Å². The van der Waals surface area contributed by atoms with Crippen molar-refractivity contribution in [2.24, 2.45) is 0 Å². The van der Waals surface area contributed by atoms with Gasteiger partial charge in [0.15, 0.2) is 0 Å². The summed E-state index contributed by atoms with van der Waals surface area (Å²) >= 11 is 0. The van der Waals surface area contributed by atoms with E-state index in [4.69, 9.17) is 0 Å². The quantitative estimate of drug-likeness (QED) is 0.672. The number of rotatable bonds is 3. The van der Waals surface area contributed by atoms with Crippen LogP contribution in [-0.2, 0) is 16.8 Å². The third kappa shape index (κ3) is 15.9. The Morgan fingerprint density at radius 2 is 1.00 bits per heavy atom. The third-order valence-corrected chi connectivity index (χ3v) is 0.994. The van der Waals surface area contributed by atoms with Crippen LogP contribution in [-0.4, -0.2) is 51.1 Å². The van der Waals surface area contributed by atoms with Crippen LogP contribution in [0.2, 0.25) is 0 Å². The smallest absolute Gasteiger partial charge is 0.0103 e. The standard InChI is InChI=1S/C6H16N2.ClH.Co/c1-7(2)5-6-8(3)4;;/h5-6H2,1-4H3;1H;. The van der Waals surface area contributed by atoms with E-state index < -0.39 is 0 Å². The maximum Gasteiger partial charge on any atom is 0.0103 e. The maximum absolute atomic E-state index is 2.18. The molecule has 0 bridgehead atoms. The monoisotopic (exact) mass is 211 g/mol. The average Bonchev–Trinajstić information content (AvgIpc) is 1.61. The molecule has 0 fully saturated rings. The fourth-order valence-corrected chi connectivity index (χ4v) is 0.400. The SMILES string of the molecule is CN(C)CCN(C)C.Cl.[Co]. The molecule has 1 radical (unpaired) electrons. The van der Waals surface area contributed by atoms with Gasteiger partial charge in [-0.1, -0.05) is 0 Å². The summed E-state index contributed by atoms with van der Waals surface area (Å²) in [5.74, 6) is 0. The van der Waals surface area contributed by atoms with Crippen molar-refractivity contribution in [3.8, 4) is 0 Å². The van der Waals surface area contributed by atoms with E-state index in [1.807, 2.05) is 0 Å². The summed E-state index contributed by atoms with van der Waals surface area (Å²) in [7, 11) is 8.35. The largest absolute Gasteiger partial charge is 0.308 e. The molecule has 0 aliphatic heterocycles. The van der Waals surface area contributed by atoms with Crippen LogP contribution in [0.3, 0.4) is 0 Å². The van der Waals surface area contributed by atoms with Gasteiger partial charge in [0.1, 0.15) is 0 Å². The summed E-state index contributed by atoms with van der Waals surface area (Å²) in [5, 5.41) is 0. The Bertz CT molecular complexity index is 51.7. The van der Waals surface area contributed by atoms with Crippen molar-refractivity contribution >= 4 is 12.4 Å². The number of halogens is 1. The van der Waals surface area contributed by atoms with Gasteiger partial charge in [0, 0.05) is 29.9 Å². The molecule has 67 valence electrons. The molecule has 0 aliphatic carbocycles. The van der Waals surface area contributed by atoms with E-state index in [0.29, 0.717) is 0 Å². The molecule has 0 rings (SSSR count). The summed E-state index contributed by atoms with van der Waals surface area (Å²) < 4.78 is 0. The third-order valence-electron chi connectivity index (χ3n) is 0.994. The summed E-state index contributed by atoms with van der Waals surface area (Å²) in [5.41, 5.74) is 0. The van der Waals surface area contributed by atoms with Crippen molar-refractivity contribution in [3.05, 3.63) is 0 Å². The van der Waals surface area contributed by atoms with Gasteiger partial charge >= 0.3 is 0 Å². The molecule has 0 aromatic heterocycles. The first-order chi connectivity index (χ1) is 3.63. The molecule has 0 saturated heterocycles. The molecule has 0 spiro atoms. The zero-order chi connectivity index (χ0) is 6.57. The molecule has 0 saturated carbocycles. The zero-order valence-electron chi connectivity index (χ0n) is 7.05. The predicted molar refractivity (Wildman–Crippen MR) is 44.4 cm³/mol. The Kier molecular flexibility index (Phi) is 16.5. The van der Waals surface area contributed by atoms with Gasteiger partial charge in [0.05, 0.1) is 0 Å². The molecule has 0 aromatic carbocycles. The minimum Gasteiger partial charge on any atom is -0.308 e. The number of hydrogen-bond acceptors (Lipinski definition) is 2. The second-order valence-electron chi connectivity index (χ2n) is 2.61.